The number of halogens is 1. The normalized spacial score (nSPS) is 27.9. The van der Waals surface area contributed by atoms with Crippen LogP contribution >= 0.6 is 11.6 Å². The van der Waals surface area contributed by atoms with Crippen LogP contribution in [0.5, 0.6) is 0 Å². The molecule has 4 N–H and O–H groups in total. The molecule has 2 aromatic rings. The first-order chi connectivity index (χ1) is 12.9. The van der Waals surface area contributed by atoms with Crippen molar-refractivity contribution in [3.63, 3.8) is 0 Å². The summed E-state index contributed by atoms with van der Waals surface area (Å²) in [6.07, 6.45) is -0.0554. The number of benzene rings is 2. The van der Waals surface area contributed by atoms with E-state index in [-0.39, 0.29) is 0 Å². The van der Waals surface area contributed by atoms with Gasteiger partial charge in [0.05, 0.1) is 6.61 Å². The molecule has 1 fully saturated rings. The van der Waals surface area contributed by atoms with Gasteiger partial charge >= 0.3 is 0 Å². The number of hydrogen-bond acceptors (Lipinski definition) is 5. The molecule has 0 aliphatic carbocycles. The minimum Gasteiger partial charge on any atom is -0.394 e. The summed E-state index contributed by atoms with van der Waals surface area (Å²) in [6, 6.07) is 12.7. The fourth-order valence-electron chi connectivity index (χ4n) is 3.22. The van der Waals surface area contributed by atoms with E-state index in [1.807, 2.05) is 24.3 Å². The van der Waals surface area contributed by atoms with Crippen LogP contribution in [0.25, 0.3) is 0 Å². The third-order valence-electron chi connectivity index (χ3n) is 4.81. The Morgan fingerprint density at radius 1 is 1.00 bits per heavy atom. The first kappa shape index (κ1) is 19.8. The van der Waals surface area contributed by atoms with E-state index >= 15 is 0 Å². The quantitative estimate of drug-likeness (QED) is 0.595. The van der Waals surface area contributed by atoms with Gasteiger partial charge in [-0.3, -0.25) is 0 Å². The highest BCUT2D eigenvalue weighted by Gasteiger charge is 2.43. The molecule has 5 atom stereocenters. The van der Waals surface area contributed by atoms with Gasteiger partial charge in [-0.1, -0.05) is 41.8 Å². The van der Waals surface area contributed by atoms with Gasteiger partial charge < -0.3 is 25.2 Å². The van der Waals surface area contributed by atoms with E-state index in [0.717, 1.165) is 16.7 Å². The molecule has 1 aliphatic rings. The van der Waals surface area contributed by atoms with Crippen molar-refractivity contribution < 1.29 is 25.2 Å². The van der Waals surface area contributed by atoms with Gasteiger partial charge in [-0.05, 0) is 41.3 Å². The SMILES string of the molecule is C#Cc1ccc(Cc2cc(C3OC(CO)[C@@H](O)C(O)[C@H]3O)ccc2Cl)cc1. The Morgan fingerprint density at radius 2 is 1.70 bits per heavy atom. The number of ether oxygens (including phenoxy) is 1. The van der Waals surface area contributed by atoms with E-state index in [9.17, 15) is 20.4 Å². The molecular weight excluding hydrogens is 368 g/mol. The first-order valence-electron chi connectivity index (χ1n) is 8.59. The Hall–Kier alpha value is -1.91. The van der Waals surface area contributed by atoms with Gasteiger partial charge in [0.2, 0.25) is 0 Å². The van der Waals surface area contributed by atoms with E-state index in [4.69, 9.17) is 22.8 Å². The van der Waals surface area contributed by atoms with Gasteiger partial charge in [-0.15, -0.1) is 6.42 Å². The molecule has 2 aromatic carbocycles. The van der Waals surface area contributed by atoms with E-state index in [0.29, 0.717) is 17.0 Å². The van der Waals surface area contributed by atoms with Gasteiger partial charge in [0.15, 0.2) is 0 Å². The lowest BCUT2D eigenvalue weighted by molar-refractivity contribution is -0.231. The second kappa shape index (κ2) is 8.41. The number of rotatable bonds is 4. The lowest BCUT2D eigenvalue weighted by atomic mass is 9.90. The summed E-state index contributed by atoms with van der Waals surface area (Å²) >= 11 is 6.32. The van der Waals surface area contributed by atoms with Gasteiger partial charge in [-0.2, -0.15) is 0 Å². The van der Waals surface area contributed by atoms with Crippen LogP contribution in [0, 0.1) is 12.3 Å². The molecular formula is C21H21ClO5. The molecule has 0 spiro atoms. The fourth-order valence-corrected chi connectivity index (χ4v) is 3.41. The Kier molecular flexibility index (Phi) is 6.18. The lowest BCUT2D eigenvalue weighted by Crippen LogP contribution is -2.55. The van der Waals surface area contributed by atoms with Gasteiger partial charge in [0.25, 0.3) is 0 Å². The maximum atomic E-state index is 10.3. The number of hydrogen-bond donors (Lipinski definition) is 4. The average Bonchev–Trinajstić information content (AvgIpc) is 2.69. The van der Waals surface area contributed by atoms with Crippen LogP contribution in [0.3, 0.4) is 0 Å². The molecule has 1 aliphatic heterocycles. The van der Waals surface area contributed by atoms with Crippen molar-refractivity contribution in [2.45, 2.75) is 36.9 Å². The number of terminal acetylenes is 1. The Balaban J connectivity index is 1.86. The lowest BCUT2D eigenvalue weighted by Gasteiger charge is -2.40. The third kappa shape index (κ3) is 4.17. The summed E-state index contributed by atoms with van der Waals surface area (Å²) in [4.78, 5) is 0. The summed E-state index contributed by atoms with van der Waals surface area (Å²) in [7, 11) is 0. The molecule has 0 radical (unpaired) electrons. The van der Waals surface area contributed by atoms with E-state index < -0.39 is 37.1 Å². The van der Waals surface area contributed by atoms with Crippen molar-refractivity contribution in [2.24, 2.45) is 0 Å². The number of aliphatic hydroxyl groups excluding tert-OH is 4. The molecule has 6 heteroatoms. The van der Waals surface area contributed by atoms with E-state index in [1.54, 1.807) is 18.2 Å². The van der Waals surface area contributed by atoms with Crippen LogP contribution in [-0.4, -0.2) is 51.4 Å². The maximum Gasteiger partial charge on any atom is 0.113 e. The van der Waals surface area contributed by atoms with Crippen LogP contribution in [0.1, 0.15) is 28.4 Å². The van der Waals surface area contributed by atoms with Gasteiger partial charge in [-0.25, -0.2) is 0 Å². The van der Waals surface area contributed by atoms with E-state index in [1.165, 1.54) is 0 Å². The zero-order chi connectivity index (χ0) is 19.6. The zero-order valence-corrected chi connectivity index (χ0v) is 15.3. The van der Waals surface area contributed by atoms with Crippen molar-refractivity contribution in [2.75, 3.05) is 6.61 Å². The van der Waals surface area contributed by atoms with Gasteiger partial charge in [0.1, 0.15) is 30.5 Å². The Labute approximate surface area is 162 Å². The Bertz CT molecular complexity index is 827. The molecule has 0 saturated carbocycles. The summed E-state index contributed by atoms with van der Waals surface area (Å²) in [5, 5.41) is 40.2. The predicted octanol–water partition coefficient (Wildman–Crippen LogP) is 1.43. The largest absolute Gasteiger partial charge is 0.394 e. The van der Waals surface area contributed by atoms with Crippen LogP contribution in [0.2, 0.25) is 5.02 Å². The molecule has 3 unspecified atom stereocenters. The third-order valence-corrected chi connectivity index (χ3v) is 5.17. The topological polar surface area (TPSA) is 90.2 Å². The van der Waals surface area contributed by atoms with Crippen LogP contribution in [0.4, 0.5) is 0 Å². The first-order valence-corrected chi connectivity index (χ1v) is 8.96. The van der Waals surface area contributed by atoms with Crippen molar-refractivity contribution in [1.29, 1.82) is 0 Å². The summed E-state index contributed by atoms with van der Waals surface area (Å²) in [6.45, 7) is -0.469. The number of aliphatic hydroxyl groups is 4. The molecule has 0 bridgehead atoms. The predicted molar refractivity (Wildman–Crippen MR) is 101 cm³/mol. The minimum atomic E-state index is -1.42. The van der Waals surface area contributed by atoms with E-state index in [2.05, 4.69) is 5.92 Å². The monoisotopic (exact) mass is 388 g/mol. The Morgan fingerprint density at radius 3 is 2.33 bits per heavy atom. The van der Waals surface area contributed by atoms with Crippen LogP contribution in [-0.2, 0) is 11.2 Å². The maximum absolute atomic E-state index is 10.3. The average molecular weight is 389 g/mol. The fraction of sp³-hybridized carbons (Fsp3) is 0.333. The van der Waals surface area contributed by atoms with Gasteiger partial charge in [0, 0.05) is 10.6 Å². The smallest absolute Gasteiger partial charge is 0.113 e. The highest BCUT2D eigenvalue weighted by molar-refractivity contribution is 6.31. The summed E-state index contributed by atoms with van der Waals surface area (Å²) in [5.74, 6) is 2.57. The van der Waals surface area contributed by atoms with Crippen LogP contribution in [0.15, 0.2) is 42.5 Å². The second-order valence-corrected chi connectivity index (χ2v) is 7.03. The van der Waals surface area contributed by atoms with Crippen molar-refractivity contribution >= 4 is 11.6 Å². The minimum absolute atomic E-state index is 0.469. The highest BCUT2D eigenvalue weighted by Crippen LogP contribution is 2.34. The van der Waals surface area contributed by atoms with Crippen molar-refractivity contribution in [3.8, 4) is 12.3 Å². The zero-order valence-electron chi connectivity index (χ0n) is 14.5. The molecule has 0 amide bonds. The molecule has 5 nitrogen and oxygen atoms in total. The van der Waals surface area contributed by atoms with Crippen molar-refractivity contribution in [1.82, 2.24) is 0 Å². The molecule has 1 heterocycles. The molecule has 3 rings (SSSR count). The molecule has 0 aromatic heterocycles. The van der Waals surface area contributed by atoms with Crippen LogP contribution < -0.4 is 0 Å². The molecule has 27 heavy (non-hydrogen) atoms. The molecule has 142 valence electrons. The summed E-state index contributed by atoms with van der Waals surface area (Å²) in [5.41, 5.74) is 3.23. The highest BCUT2D eigenvalue weighted by atomic mass is 35.5. The standard InChI is InChI=1S/C21H21ClO5/c1-2-12-3-5-13(6-4-12)9-15-10-14(7-8-16(15)22)21-20(26)19(25)18(24)17(11-23)27-21/h1,3-8,10,17-21,23-26H,9,11H2/t17?,18-,19?,20-,21?/m1/s1. The molecule has 1 saturated heterocycles. The second-order valence-electron chi connectivity index (χ2n) is 6.62. The van der Waals surface area contributed by atoms with Crippen molar-refractivity contribution in [3.05, 3.63) is 69.7 Å². The summed E-state index contributed by atoms with van der Waals surface area (Å²) < 4.78 is 5.62.